The number of nitrogens with two attached hydrogens (primary N) is 1. The first-order valence-electron chi connectivity index (χ1n) is 5.66. The van der Waals surface area contributed by atoms with Crippen LogP contribution < -0.4 is 16.0 Å². The minimum absolute atomic E-state index is 0.142. The lowest BCUT2D eigenvalue weighted by atomic mass is 10.2. The van der Waals surface area contributed by atoms with Crippen LogP contribution in [0.4, 0.5) is 23.5 Å². The lowest BCUT2D eigenvalue weighted by molar-refractivity contribution is -0.141. The van der Waals surface area contributed by atoms with Crippen LogP contribution in [0.1, 0.15) is 11.3 Å². The van der Waals surface area contributed by atoms with Crippen LogP contribution in [-0.4, -0.2) is 9.97 Å². The predicted octanol–water partition coefficient (Wildman–Crippen LogP) is 3.02. The molecular formula is C12H10F4N4O. The van der Waals surface area contributed by atoms with Crippen LogP contribution in [0.3, 0.4) is 0 Å². The number of aryl methyl sites for hydroxylation is 1. The summed E-state index contributed by atoms with van der Waals surface area (Å²) in [6, 6.07) is 4.37. The van der Waals surface area contributed by atoms with Crippen LogP contribution >= 0.6 is 0 Å². The number of hydrazine groups is 1. The molecule has 1 aromatic carbocycles. The zero-order valence-electron chi connectivity index (χ0n) is 10.7. The fraction of sp³-hybridized carbons (Fsp3) is 0.167. The minimum Gasteiger partial charge on any atom is -0.439 e. The highest BCUT2D eigenvalue weighted by molar-refractivity contribution is 5.35. The fourth-order valence-corrected chi connectivity index (χ4v) is 1.49. The number of aromatic nitrogens is 2. The first-order valence-corrected chi connectivity index (χ1v) is 5.66. The van der Waals surface area contributed by atoms with Gasteiger partial charge in [-0.1, -0.05) is 0 Å². The molecule has 1 heterocycles. The Morgan fingerprint density at radius 1 is 1.19 bits per heavy atom. The minimum atomic E-state index is -4.68. The van der Waals surface area contributed by atoms with Crippen LogP contribution in [0.25, 0.3) is 0 Å². The van der Waals surface area contributed by atoms with Crippen LogP contribution in [0.15, 0.2) is 24.3 Å². The molecule has 0 saturated heterocycles. The smallest absolute Gasteiger partial charge is 0.433 e. The van der Waals surface area contributed by atoms with Crippen LogP contribution in [-0.2, 0) is 6.18 Å². The summed E-state index contributed by atoms with van der Waals surface area (Å²) in [7, 11) is 0. The molecule has 112 valence electrons. The Kier molecular flexibility index (Phi) is 3.94. The molecule has 0 spiro atoms. The van der Waals surface area contributed by atoms with Gasteiger partial charge in [0.05, 0.1) is 0 Å². The summed E-state index contributed by atoms with van der Waals surface area (Å²) in [6.45, 7) is 1.50. The molecular weight excluding hydrogens is 292 g/mol. The van der Waals surface area contributed by atoms with Crippen molar-refractivity contribution in [3.05, 3.63) is 41.3 Å². The Morgan fingerprint density at radius 3 is 2.48 bits per heavy atom. The maximum absolute atomic E-state index is 13.1. The van der Waals surface area contributed by atoms with Crippen LogP contribution in [0.2, 0.25) is 0 Å². The van der Waals surface area contributed by atoms with Gasteiger partial charge in [-0.05, 0) is 30.7 Å². The van der Waals surface area contributed by atoms with Crippen molar-refractivity contribution in [3.63, 3.8) is 0 Å². The molecule has 0 aliphatic heterocycles. The van der Waals surface area contributed by atoms with E-state index in [1.54, 1.807) is 0 Å². The zero-order valence-corrected chi connectivity index (χ0v) is 10.7. The van der Waals surface area contributed by atoms with Crippen molar-refractivity contribution >= 4 is 5.95 Å². The second kappa shape index (κ2) is 5.52. The summed E-state index contributed by atoms with van der Waals surface area (Å²) in [5.74, 6) is 3.90. The average molecular weight is 302 g/mol. The molecule has 0 bridgehead atoms. The molecule has 21 heavy (non-hydrogen) atoms. The maximum atomic E-state index is 13.1. The fourth-order valence-electron chi connectivity index (χ4n) is 1.49. The molecule has 0 radical (unpaired) electrons. The van der Waals surface area contributed by atoms with Gasteiger partial charge in [0.2, 0.25) is 11.8 Å². The summed E-state index contributed by atoms with van der Waals surface area (Å²) in [6.07, 6.45) is -4.68. The normalized spacial score (nSPS) is 11.3. The highest BCUT2D eigenvalue weighted by atomic mass is 19.4. The number of hydrogen-bond donors (Lipinski definition) is 2. The Labute approximate surface area is 116 Å². The first-order chi connectivity index (χ1) is 9.79. The van der Waals surface area contributed by atoms with E-state index >= 15 is 0 Å². The van der Waals surface area contributed by atoms with Crippen molar-refractivity contribution in [2.75, 3.05) is 5.43 Å². The Balaban J connectivity index is 2.36. The van der Waals surface area contributed by atoms with E-state index in [0.29, 0.717) is 6.07 Å². The van der Waals surface area contributed by atoms with Crippen LogP contribution in [0, 0.1) is 12.7 Å². The summed E-state index contributed by atoms with van der Waals surface area (Å²) in [5, 5.41) is 0. The van der Waals surface area contributed by atoms with Gasteiger partial charge in [-0.2, -0.15) is 18.2 Å². The number of hydrogen-bond acceptors (Lipinski definition) is 5. The maximum Gasteiger partial charge on any atom is 0.433 e. The van der Waals surface area contributed by atoms with Crippen molar-refractivity contribution in [1.29, 1.82) is 0 Å². The van der Waals surface area contributed by atoms with Gasteiger partial charge in [-0.3, -0.25) is 5.43 Å². The molecule has 0 aliphatic carbocycles. The number of nitrogens with one attached hydrogen (secondary N) is 1. The van der Waals surface area contributed by atoms with Crippen molar-refractivity contribution in [3.8, 4) is 11.6 Å². The van der Waals surface area contributed by atoms with E-state index < -0.39 is 23.6 Å². The lowest BCUT2D eigenvalue weighted by Crippen LogP contribution is -2.15. The third-order valence-electron chi connectivity index (χ3n) is 2.47. The molecule has 2 aromatic rings. The van der Waals surface area contributed by atoms with Gasteiger partial charge in [0.1, 0.15) is 11.6 Å². The first kappa shape index (κ1) is 15.0. The van der Waals surface area contributed by atoms with E-state index in [-0.39, 0.29) is 17.2 Å². The Morgan fingerprint density at radius 2 is 1.90 bits per heavy atom. The number of benzene rings is 1. The number of halogens is 4. The predicted molar refractivity (Wildman–Crippen MR) is 66.1 cm³/mol. The van der Waals surface area contributed by atoms with E-state index in [2.05, 4.69) is 9.97 Å². The Hall–Kier alpha value is -2.42. The standard InChI is InChI=1S/C12H10F4N4O/c1-6-4-7(2-3-8(6)13)21-10-5-9(12(14,15)16)18-11(19-10)20-17/h2-5H,17H2,1H3,(H,18,19,20). The third-order valence-corrected chi connectivity index (χ3v) is 2.47. The second-order valence-corrected chi connectivity index (χ2v) is 4.07. The third kappa shape index (κ3) is 3.57. The summed E-state index contributed by atoms with van der Waals surface area (Å²) in [4.78, 5) is 6.83. The molecule has 5 nitrogen and oxygen atoms in total. The van der Waals surface area contributed by atoms with E-state index in [9.17, 15) is 17.6 Å². The molecule has 9 heteroatoms. The molecule has 2 rings (SSSR count). The van der Waals surface area contributed by atoms with Gasteiger partial charge in [-0.15, -0.1) is 0 Å². The molecule has 0 amide bonds. The van der Waals surface area contributed by atoms with E-state index in [1.165, 1.54) is 19.1 Å². The van der Waals surface area contributed by atoms with Gasteiger partial charge >= 0.3 is 6.18 Å². The highest BCUT2D eigenvalue weighted by Gasteiger charge is 2.34. The number of alkyl halides is 3. The summed E-state index contributed by atoms with van der Waals surface area (Å²) >= 11 is 0. The highest BCUT2D eigenvalue weighted by Crippen LogP contribution is 2.31. The molecule has 0 fully saturated rings. The SMILES string of the molecule is Cc1cc(Oc2cc(C(F)(F)F)nc(NN)n2)ccc1F. The van der Waals surface area contributed by atoms with Crippen molar-refractivity contribution in [2.24, 2.45) is 5.84 Å². The number of rotatable bonds is 3. The monoisotopic (exact) mass is 302 g/mol. The van der Waals surface area contributed by atoms with Crippen molar-refractivity contribution in [1.82, 2.24) is 9.97 Å². The van der Waals surface area contributed by atoms with Gasteiger partial charge in [0.25, 0.3) is 0 Å². The number of nitrogens with zero attached hydrogens (tertiary/aromatic N) is 2. The van der Waals surface area contributed by atoms with Crippen molar-refractivity contribution in [2.45, 2.75) is 13.1 Å². The lowest BCUT2D eigenvalue weighted by Gasteiger charge is -2.11. The van der Waals surface area contributed by atoms with Gasteiger partial charge in [0.15, 0.2) is 5.69 Å². The molecule has 1 aromatic heterocycles. The van der Waals surface area contributed by atoms with E-state index in [1.807, 2.05) is 5.43 Å². The molecule has 0 unspecified atom stereocenters. The second-order valence-electron chi connectivity index (χ2n) is 4.07. The van der Waals surface area contributed by atoms with Crippen molar-refractivity contribution < 1.29 is 22.3 Å². The number of nitrogen functional groups attached to an aromatic ring is 1. The zero-order chi connectivity index (χ0) is 15.6. The number of anilines is 1. The quantitative estimate of drug-likeness (QED) is 0.518. The van der Waals surface area contributed by atoms with Gasteiger partial charge < -0.3 is 4.74 Å². The van der Waals surface area contributed by atoms with Crippen LogP contribution in [0.5, 0.6) is 11.6 Å². The summed E-state index contributed by atoms with van der Waals surface area (Å²) < 4.78 is 56.3. The molecule has 0 atom stereocenters. The van der Waals surface area contributed by atoms with E-state index in [0.717, 1.165) is 6.07 Å². The van der Waals surface area contributed by atoms with Gasteiger partial charge in [-0.25, -0.2) is 15.2 Å². The Bertz CT molecular complexity index is 660. The molecule has 3 N–H and O–H groups in total. The van der Waals surface area contributed by atoms with Gasteiger partial charge in [0, 0.05) is 6.07 Å². The topological polar surface area (TPSA) is 73.1 Å². The largest absolute Gasteiger partial charge is 0.439 e. The van der Waals surface area contributed by atoms with E-state index in [4.69, 9.17) is 10.6 Å². The average Bonchev–Trinajstić information content (AvgIpc) is 2.41. The molecule has 0 aliphatic rings. The summed E-state index contributed by atoms with van der Waals surface area (Å²) in [5.41, 5.74) is 1.00. The number of ether oxygens (including phenoxy) is 1. The molecule has 0 saturated carbocycles.